The maximum atomic E-state index is 12.7. The summed E-state index contributed by atoms with van der Waals surface area (Å²) in [7, 11) is 0. The number of nitrogens with zero attached hydrogens (tertiary/aromatic N) is 4. The fourth-order valence-corrected chi connectivity index (χ4v) is 4.12. The molecule has 8 heteroatoms. The smallest absolute Gasteiger partial charge is 0.237 e. The van der Waals surface area contributed by atoms with Crippen molar-refractivity contribution >= 4 is 28.6 Å². The van der Waals surface area contributed by atoms with E-state index in [1.807, 2.05) is 61.5 Å². The SMILES string of the molecule is Cc1cc(CN2CCNC(=O)[C@H]2Cc2nc3ccccc3o2)nc(-c2ccc(Cl)cc2)n1. The van der Waals surface area contributed by atoms with Crippen molar-refractivity contribution in [3.63, 3.8) is 0 Å². The number of benzene rings is 2. The number of oxazole rings is 1. The topological polar surface area (TPSA) is 84.2 Å². The van der Waals surface area contributed by atoms with Crippen LogP contribution >= 0.6 is 11.6 Å². The monoisotopic (exact) mass is 447 g/mol. The van der Waals surface area contributed by atoms with Gasteiger partial charge in [-0.05, 0) is 49.4 Å². The van der Waals surface area contributed by atoms with Crippen LogP contribution in [0, 0.1) is 6.92 Å². The highest BCUT2D eigenvalue weighted by Gasteiger charge is 2.31. The summed E-state index contributed by atoms with van der Waals surface area (Å²) >= 11 is 6.01. The van der Waals surface area contributed by atoms with Gasteiger partial charge in [-0.2, -0.15) is 0 Å². The summed E-state index contributed by atoms with van der Waals surface area (Å²) in [6.45, 7) is 3.79. The normalized spacial score (nSPS) is 16.9. The number of piperazine rings is 1. The maximum Gasteiger partial charge on any atom is 0.237 e. The number of rotatable bonds is 5. The number of aryl methyl sites for hydroxylation is 1. The third-order valence-corrected chi connectivity index (χ3v) is 5.77. The van der Waals surface area contributed by atoms with Crippen LogP contribution in [0.4, 0.5) is 0 Å². The molecule has 0 unspecified atom stereocenters. The second kappa shape index (κ2) is 8.68. The molecule has 2 aromatic heterocycles. The molecule has 0 bridgehead atoms. The van der Waals surface area contributed by atoms with Gasteiger partial charge in [-0.25, -0.2) is 15.0 Å². The minimum atomic E-state index is -0.383. The molecule has 4 aromatic rings. The van der Waals surface area contributed by atoms with Gasteiger partial charge in [0.25, 0.3) is 0 Å². The van der Waals surface area contributed by atoms with Crippen LogP contribution in [0.15, 0.2) is 59.0 Å². The Hall–Kier alpha value is -3.29. The lowest BCUT2D eigenvalue weighted by molar-refractivity contribution is -0.129. The van der Waals surface area contributed by atoms with Crippen LogP contribution in [-0.2, 0) is 17.8 Å². The standard InChI is InChI=1S/C24H22ClN5O2/c1-15-12-18(28-23(27-15)16-6-8-17(25)9-7-16)14-30-11-10-26-24(31)20(30)13-22-29-19-4-2-3-5-21(19)32-22/h2-9,12,20H,10-11,13-14H2,1H3,(H,26,31)/t20-/m1/s1. The Morgan fingerprint density at radius 1 is 1.12 bits per heavy atom. The number of aromatic nitrogens is 3. The fourth-order valence-electron chi connectivity index (χ4n) is 4.00. The second-order valence-corrected chi connectivity index (χ2v) is 8.32. The van der Waals surface area contributed by atoms with Gasteiger partial charge < -0.3 is 9.73 Å². The Bertz CT molecular complexity index is 1240. The van der Waals surface area contributed by atoms with Crippen LogP contribution in [0.1, 0.15) is 17.3 Å². The Morgan fingerprint density at radius 3 is 2.75 bits per heavy atom. The quantitative estimate of drug-likeness (QED) is 0.501. The number of fused-ring (bicyclic) bond motifs is 1. The molecular weight excluding hydrogens is 426 g/mol. The van der Waals surface area contributed by atoms with E-state index in [4.69, 9.17) is 21.0 Å². The van der Waals surface area contributed by atoms with Crippen molar-refractivity contribution in [1.82, 2.24) is 25.2 Å². The number of halogens is 1. The molecule has 5 rings (SSSR count). The van der Waals surface area contributed by atoms with Crippen LogP contribution in [0.25, 0.3) is 22.5 Å². The van der Waals surface area contributed by atoms with Gasteiger partial charge in [-0.1, -0.05) is 23.7 Å². The van der Waals surface area contributed by atoms with Gasteiger partial charge >= 0.3 is 0 Å². The number of hydrogen-bond acceptors (Lipinski definition) is 6. The van der Waals surface area contributed by atoms with Gasteiger partial charge in [0.05, 0.1) is 11.7 Å². The summed E-state index contributed by atoms with van der Waals surface area (Å²) < 4.78 is 5.87. The molecule has 1 atom stereocenters. The first kappa shape index (κ1) is 20.6. The van der Waals surface area contributed by atoms with Crippen molar-refractivity contribution in [1.29, 1.82) is 0 Å². The molecule has 0 aliphatic carbocycles. The highest BCUT2D eigenvalue weighted by Crippen LogP contribution is 2.22. The van der Waals surface area contributed by atoms with Gasteiger partial charge in [0, 0.05) is 42.3 Å². The molecular formula is C24H22ClN5O2. The van der Waals surface area contributed by atoms with Crippen molar-refractivity contribution in [2.24, 2.45) is 0 Å². The largest absolute Gasteiger partial charge is 0.441 e. The van der Waals surface area contributed by atoms with Crippen molar-refractivity contribution < 1.29 is 9.21 Å². The van der Waals surface area contributed by atoms with Crippen molar-refractivity contribution in [2.45, 2.75) is 25.9 Å². The van der Waals surface area contributed by atoms with Crippen LogP contribution in [-0.4, -0.2) is 44.9 Å². The number of amides is 1. The minimum Gasteiger partial charge on any atom is -0.441 e. The van der Waals surface area contributed by atoms with Gasteiger partial charge in [-0.15, -0.1) is 0 Å². The van der Waals surface area contributed by atoms with E-state index in [2.05, 4.69) is 20.2 Å². The van der Waals surface area contributed by atoms with Gasteiger partial charge in [0.15, 0.2) is 17.3 Å². The zero-order valence-electron chi connectivity index (χ0n) is 17.6. The minimum absolute atomic E-state index is 0.0257. The lowest BCUT2D eigenvalue weighted by Crippen LogP contribution is -2.55. The van der Waals surface area contributed by atoms with Gasteiger partial charge in [0.1, 0.15) is 5.52 Å². The molecule has 32 heavy (non-hydrogen) atoms. The molecule has 1 N–H and O–H groups in total. The molecule has 162 valence electrons. The average molecular weight is 448 g/mol. The lowest BCUT2D eigenvalue weighted by Gasteiger charge is -2.34. The summed E-state index contributed by atoms with van der Waals surface area (Å²) in [6, 6.07) is 16.7. The average Bonchev–Trinajstić information content (AvgIpc) is 3.19. The summed E-state index contributed by atoms with van der Waals surface area (Å²) in [5.74, 6) is 1.18. The van der Waals surface area contributed by atoms with Crippen LogP contribution in [0.5, 0.6) is 0 Å². The van der Waals surface area contributed by atoms with Crippen molar-refractivity contribution in [2.75, 3.05) is 13.1 Å². The predicted molar refractivity (Wildman–Crippen MR) is 122 cm³/mol. The van der Waals surface area contributed by atoms with Crippen LogP contribution in [0.3, 0.4) is 0 Å². The molecule has 1 aliphatic heterocycles. The number of nitrogens with one attached hydrogen (secondary N) is 1. The molecule has 0 radical (unpaired) electrons. The Kier molecular flexibility index (Phi) is 5.59. The molecule has 3 heterocycles. The number of carbonyl (C=O) groups is 1. The number of hydrogen-bond donors (Lipinski definition) is 1. The van der Waals surface area contributed by atoms with E-state index in [-0.39, 0.29) is 11.9 Å². The van der Waals surface area contributed by atoms with E-state index in [9.17, 15) is 4.79 Å². The first-order valence-corrected chi connectivity index (χ1v) is 10.9. The van der Waals surface area contributed by atoms with E-state index < -0.39 is 0 Å². The highest BCUT2D eigenvalue weighted by atomic mass is 35.5. The summed E-state index contributed by atoms with van der Waals surface area (Å²) in [5, 5.41) is 3.63. The van der Waals surface area contributed by atoms with E-state index in [0.29, 0.717) is 36.2 Å². The molecule has 1 fully saturated rings. The number of carbonyl (C=O) groups excluding carboxylic acids is 1. The zero-order valence-corrected chi connectivity index (χ0v) is 18.3. The fraction of sp³-hybridized carbons (Fsp3) is 0.250. The number of para-hydroxylation sites is 2. The van der Waals surface area contributed by atoms with E-state index in [1.165, 1.54) is 0 Å². The van der Waals surface area contributed by atoms with Crippen LogP contribution < -0.4 is 5.32 Å². The molecule has 1 saturated heterocycles. The first-order valence-electron chi connectivity index (χ1n) is 10.5. The molecule has 0 saturated carbocycles. The Balaban J connectivity index is 1.40. The van der Waals surface area contributed by atoms with E-state index >= 15 is 0 Å². The summed E-state index contributed by atoms with van der Waals surface area (Å²) in [5.41, 5.74) is 4.16. The zero-order chi connectivity index (χ0) is 22.1. The molecule has 0 spiro atoms. The summed E-state index contributed by atoms with van der Waals surface area (Å²) in [6.07, 6.45) is 0.397. The second-order valence-electron chi connectivity index (χ2n) is 7.89. The van der Waals surface area contributed by atoms with Crippen LogP contribution in [0.2, 0.25) is 5.02 Å². The molecule has 1 aliphatic rings. The lowest BCUT2D eigenvalue weighted by atomic mass is 10.1. The van der Waals surface area contributed by atoms with E-state index in [1.54, 1.807) is 0 Å². The third-order valence-electron chi connectivity index (χ3n) is 5.52. The van der Waals surface area contributed by atoms with Gasteiger partial charge in [-0.3, -0.25) is 9.69 Å². The molecule has 2 aromatic carbocycles. The Morgan fingerprint density at radius 2 is 1.94 bits per heavy atom. The highest BCUT2D eigenvalue weighted by molar-refractivity contribution is 6.30. The maximum absolute atomic E-state index is 12.7. The van der Waals surface area contributed by atoms with Gasteiger partial charge in [0.2, 0.25) is 5.91 Å². The first-order chi connectivity index (χ1) is 15.5. The van der Waals surface area contributed by atoms with E-state index in [0.717, 1.165) is 34.6 Å². The van der Waals surface area contributed by atoms with Crippen molar-refractivity contribution in [3.8, 4) is 11.4 Å². The van der Waals surface area contributed by atoms with Crippen molar-refractivity contribution in [3.05, 3.63) is 76.9 Å². The molecule has 7 nitrogen and oxygen atoms in total. The third kappa shape index (κ3) is 4.35. The molecule has 1 amide bonds. The predicted octanol–water partition coefficient (Wildman–Crippen LogP) is 3.79. The summed E-state index contributed by atoms with van der Waals surface area (Å²) in [4.78, 5) is 28.7. The Labute approximate surface area is 190 Å².